The number of aliphatic hydroxyl groups excluding tert-OH is 1. The summed E-state index contributed by atoms with van der Waals surface area (Å²) in [4.78, 5) is 4.03. The van der Waals surface area contributed by atoms with E-state index in [0.717, 1.165) is 0 Å². The number of ether oxygens (including phenoxy) is 1. The molecule has 0 fully saturated rings. The second-order valence-electron chi connectivity index (χ2n) is 3.37. The fourth-order valence-corrected chi connectivity index (χ4v) is 1.33. The molecular weight excluding hydrogens is 216 g/mol. The zero-order valence-electron chi connectivity index (χ0n) is 9.00. The third-order valence-corrected chi connectivity index (χ3v) is 2.20. The number of aliphatic hydroxyl groups is 1. The predicted octanol–water partition coefficient (Wildman–Crippen LogP) is 2.24. The molecule has 4 heteroatoms. The van der Waals surface area contributed by atoms with Gasteiger partial charge >= 0.3 is 0 Å². The largest absolute Gasteiger partial charge is 0.438 e. The summed E-state index contributed by atoms with van der Waals surface area (Å²) in [7, 11) is 0. The maximum absolute atomic E-state index is 8.90. The van der Waals surface area contributed by atoms with Crippen molar-refractivity contribution in [3.8, 4) is 17.7 Å². The van der Waals surface area contributed by atoms with Crippen LogP contribution in [0.15, 0.2) is 42.6 Å². The minimum Gasteiger partial charge on any atom is -0.438 e. The average molecular weight is 226 g/mol. The summed E-state index contributed by atoms with van der Waals surface area (Å²) in [6, 6.07) is 12.4. The zero-order valence-corrected chi connectivity index (χ0v) is 9.00. The second kappa shape index (κ2) is 5.10. The Hall–Kier alpha value is -2.38. The number of para-hydroxylation sites is 1. The molecule has 84 valence electrons. The monoisotopic (exact) mass is 226 g/mol. The van der Waals surface area contributed by atoms with Gasteiger partial charge in [-0.05, 0) is 23.8 Å². The number of benzene rings is 1. The topological polar surface area (TPSA) is 66.1 Å². The molecule has 2 aromatic rings. The van der Waals surface area contributed by atoms with Crippen LogP contribution in [0.3, 0.4) is 0 Å². The highest BCUT2D eigenvalue weighted by Gasteiger charge is 2.04. The van der Waals surface area contributed by atoms with E-state index in [1.807, 2.05) is 6.07 Å². The standard InChI is InChI=1S/C13H10N2O2/c14-7-11-3-1-2-4-12(11)17-13-6-5-10(9-16)8-15-13/h1-6,8,16H,9H2. The predicted molar refractivity (Wildman–Crippen MR) is 61.4 cm³/mol. The van der Waals surface area contributed by atoms with Crippen LogP contribution in [0, 0.1) is 11.3 Å². The highest BCUT2D eigenvalue weighted by molar-refractivity contribution is 5.44. The van der Waals surface area contributed by atoms with Crippen molar-refractivity contribution in [1.82, 2.24) is 4.98 Å². The molecule has 1 aromatic carbocycles. The van der Waals surface area contributed by atoms with E-state index in [2.05, 4.69) is 4.98 Å². The van der Waals surface area contributed by atoms with E-state index in [4.69, 9.17) is 15.1 Å². The first kappa shape index (κ1) is 11.1. The molecule has 0 saturated carbocycles. The summed E-state index contributed by atoms with van der Waals surface area (Å²) in [6.45, 7) is -0.0535. The lowest BCUT2D eigenvalue weighted by Crippen LogP contribution is -1.91. The summed E-state index contributed by atoms with van der Waals surface area (Å²) in [5.41, 5.74) is 1.17. The van der Waals surface area contributed by atoms with Gasteiger partial charge in [-0.2, -0.15) is 5.26 Å². The van der Waals surface area contributed by atoms with Crippen molar-refractivity contribution < 1.29 is 9.84 Å². The zero-order chi connectivity index (χ0) is 12.1. The van der Waals surface area contributed by atoms with Crippen LogP contribution in [0.2, 0.25) is 0 Å². The van der Waals surface area contributed by atoms with Crippen molar-refractivity contribution in [3.05, 3.63) is 53.7 Å². The van der Waals surface area contributed by atoms with Gasteiger partial charge < -0.3 is 9.84 Å². The number of nitrogens with zero attached hydrogens (tertiary/aromatic N) is 2. The Morgan fingerprint density at radius 2 is 2.06 bits per heavy atom. The van der Waals surface area contributed by atoms with Gasteiger partial charge in [-0.15, -0.1) is 0 Å². The molecule has 1 N–H and O–H groups in total. The van der Waals surface area contributed by atoms with Crippen molar-refractivity contribution in [1.29, 1.82) is 5.26 Å². The van der Waals surface area contributed by atoms with Gasteiger partial charge in [0.05, 0.1) is 12.2 Å². The van der Waals surface area contributed by atoms with Crippen molar-refractivity contribution in [3.63, 3.8) is 0 Å². The van der Waals surface area contributed by atoms with Crippen LogP contribution in [0.25, 0.3) is 0 Å². The molecule has 1 aromatic heterocycles. The molecule has 0 aliphatic heterocycles. The third kappa shape index (κ3) is 2.60. The van der Waals surface area contributed by atoms with E-state index >= 15 is 0 Å². The quantitative estimate of drug-likeness (QED) is 0.871. The fraction of sp³-hybridized carbons (Fsp3) is 0.0769. The van der Waals surface area contributed by atoms with Gasteiger partial charge in [-0.3, -0.25) is 0 Å². The molecule has 0 unspecified atom stereocenters. The number of hydrogen-bond acceptors (Lipinski definition) is 4. The number of pyridine rings is 1. The van der Waals surface area contributed by atoms with Crippen LogP contribution in [-0.4, -0.2) is 10.1 Å². The highest BCUT2D eigenvalue weighted by atomic mass is 16.5. The van der Waals surface area contributed by atoms with Crippen LogP contribution in [0.4, 0.5) is 0 Å². The van der Waals surface area contributed by atoms with Crippen molar-refractivity contribution in [2.45, 2.75) is 6.61 Å². The lowest BCUT2D eigenvalue weighted by molar-refractivity contribution is 0.281. The Morgan fingerprint density at radius 3 is 2.71 bits per heavy atom. The van der Waals surface area contributed by atoms with E-state index < -0.39 is 0 Å². The molecule has 0 radical (unpaired) electrons. The van der Waals surface area contributed by atoms with Crippen molar-refractivity contribution >= 4 is 0 Å². The number of aromatic nitrogens is 1. The van der Waals surface area contributed by atoms with Gasteiger partial charge in [-0.1, -0.05) is 12.1 Å². The molecule has 0 spiro atoms. The molecule has 1 heterocycles. The van der Waals surface area contributed by atoms with Crippen molar-refractivity contribution in [2.75, 3.05) is 0 Å². The minimum atomic E-state index is -0.0535. The van der Waals surface area contributed by atoms with E-state index in [1.165, 1.54) is 6.20 Å². The van der Waals surface area contributed by atoms with Gasteiger partial charge in [0.1, 0.15) is 11.8 Å². The van der Waals surface area contributed by atoms with Crippen LogP contribution in [0.1, 0.15) is 11.1 Å². The molecule has 0 atom stereocenters. The Labute approximate surface area is 98.7 Å². The minimum absolute atomic E-state index is 0.0535. The summed E-state index contributed by atoms with van der Waals surface area (Å²) in [6.07, 6.45) is 1.53. The van der Waals surface area contributed by atoms with Crippen LogP contribution in [0.5, 0.6) is 11.6 Å². The lowest BCUT2D eigenvalue weighted by atomic mass is 10.2. The number of rotatable bonds is 3. The normalized spacial score (nSPS) is 9.65. The highest BCUT2D eigenvalue weighted by Crippen LogP contribution is 2.22. The molecule has 4 nitrogen and oxygen atoms in total. The molecule has 0 aliphatic carbocycles. The van der Waals surface area contributed by atoms with Crippen LogP contribution in [-0.2, 0) is 6.61 Å². The maximum atomic E-state index is 8.90. The fourth-order valence-electron chi connectivity index (χ4n) is 1.33. The molecule has 0 saturated heterocycles. The van der Waals surface area contributed by atoms with Crippen LogP contribution < -0.4 is 4.74 Å². The van der Waals surface area contributed by atoms with Gasteiger partial charge in [0.25, 0.3) is 0 Å². The second-order valence-corrected chi connectivity index (χ2v) is 3.37. The molecule has 0 aliphatic rings. The SMILES string of the molecule is N#Cc1ccccc1Oc1ccc(CO)cn1. The third-order valence-electron chi connectivity index (χ3n) is 2.20. The summed E-state index contributed by atoms with van der Waals surface area (Å²) < 4.78 is 5.48. The van der Waals surface area contributed by atoms with Gasteiger partial charge in [0.2, 0.25) is 5.88 Å². The Balaban J connectivity index is 2.23. The number of hydrogen-bond donors (Lipinski definition) is 1. The van der Waals surface area contributed by atoms with Gasteiger partial charge in [0.15, 0.2) is 0 Å². The summed E-state index contributed by atoms with van der Waals surface area (Å²) in [5.74, 6) is 0.865. The van der Waals surface area contributed by atoms with E-state index in [9.17, 15) is 0 Å². The van der Waals surface area contributed by atoms with Crippen molar-refractivity contribution in [2.24, 2.45) is 0 Å². The molecule has 0 amide bonds. The van der Waals surface area contributed by atoms with Crippen LogP contribution >= 0.6 is 0 Å². The molecule has 17 heavy (non-hydrogen) atoms. The van der Waals surface area contributed by atoms with E-state index in [1.54, 1.807) is 36.4 Å². The van der Waals surface area contributed by atoms with Gasteiger partial charge in [0, 0.05) is 12.3 Å². The Morgan fingerprint density at radius 1 is 1.24 bits per heavy atom. The molecule has 0 bridgehead atoms. The summed E-state index contributed by atoms with van der Waals surface area (Å²) in [5, 5.41) is 17.8. The first-order valence-electron chi connectivity index (χ1n) is 5.06. The lowest BCUT2D eigenvalue weighted by Gasteiger charge is -2.06. The Kier molecular flexibility index (Phi) is 3.34. The smallest absolute Gasteiger partial charge is 0.219 e. The molecular formula is C13H10N2O2. The first-order chi connectivity index (χ1) is 8.33. The first-order valence-corrected chi connectivity index (χ1v) is 5.06. The number of nitriles is 1. The molecule has 2 rings (SSSR count). The summed E-state index contributed by atoms with van der Waals surface area (Å²) >= 11 is 0. The van der Waals surface area contributed by atoms with Gasteiger partial charge in [-0.25, -0.2) is 4.98 Å². The Bertz CT molecular complexity index is 544. The van der Waals surface area contributed by atoms with E-state index in [-0.39, 0.29) is 6.61 Å². The van der Waals surface area contributed by atoms with E-state index in [0.29, 0.717) is 22.8 Å². The average Bonchev–Trinajstić information content (AvgIpc) is 2.40. The maximum Gasteiger partial charge on any atom is 0.219 e.